The second-order valence-electron chi connectivity index (χ2n) is 1.37. The summed E-state index contributed by atoms with van der Waals surface area (Å²) in [5, 5.41) is 0. The molecule has 0 N–H and O–H groups in total. The molecule has 0 unspecified atom stereocenters. The fourth-order valence-corrected chi connectivity index (χ4v) is 1.58. The van der Waals surface area contributed by atoms with Crippen molar-refractivity contribution in [3.8, 4) is 0 Å². The van der Waals surface area contributed by atoms with Gasteiger partial charge in [-0.25, -0.2) is 4.98 Å². The van der Waals surface area contributed by atoms with Crippen molar-refractivity contribution in [3.63, 3.8) is 0 Å². The molecule has 0 aliphatic carbocycles. The average molecular weight is 282 g/mol. The van der Waals surface area contributed by atoms with Gasteiger partial charge < -0.3 is 0 Å². The van der Waals surface area contributed by atoms with E-state index in [0.29, 0.717) is 3.92 Å². The minimum atomic E-state index is -1.51. The highest BCUT2D eigenvalue weighted by atomic mass is 79.9. The van der Waals surface area contributed by atoms with Gasteiger partial charge in [-0.05, 0) is 27.5 Å². The average Bonchev–Trinajstić information content (AvgIpc) is 2.11. The highest BCUT2D eigenvalue weighted by molar-refractivity contribution is 9.11. The summed E-state index contributed by atoms with van der Waals surface area (Å²) in [6.45, 7) is 0. The Balaban J connectivity index is 2.96. The number of hydrogen-bond acceptors (Lipinski definition) is 3. The van der Waals surface area contributed by atoms with E-state index in [9.17, 15) is 0 Å². The molecule has 0 amide bonds. The molecular weight excluding hydrogens is 282 g/mol. The minimum absolute atomic E-state index is 0.203. The van der Waals surface area contributed by atoms with Gasteiger partial charge in [-0.2, -0.15) is 4.37 Å². The van der Waals surface area contributed by atoms with Crippen molar-refractivity contribution in [2.45, 2.75) is 3.79 Å². The van der Waals surface area contributed by atoms with E-state index in [-0.39, 0.29) is 5.82 Å². The van der Waals surface area contributed by atoms with Crippen LogP contribution in [0.5, 0.6) is 0 Å². The van der Waals surface area contributed by atoms with Crippen LogP contribution >= 0.6 is 62.3 Å². The molecule has 0 aromatic carbocycles. The van der Waals surface area contributed by atoms with Crippen LogP contribution in [0.1, 0.15) is 5.82 Å². The van der Waals surface area contributed by atoms with Gasteiger partial charge in [0.15, 0.2) is 9.74 Å². The summed E-state index contributed by atoms with van der Waals surface area (Å²) < 4.78 is 2.87. The van der Waals surface area contributed by atoms with E-state index >= 15 is 0 Å². The fraction of sp³-hybridized carbons (Fsp3) is 0.333. The van der Waals surface area contributed by atoms with Crippen molar-refractivity contribution in [2.75, 3.05) is 0 Å². The molecule has 1 rings (SSSR count). The van der Waals surface area contributed by atoms with E-state index in [1.54, 1.807) is 0 Å². The molecule has 1 aromatic heterocycles. The Labute approximate surface area is 84.8 Å². The predicted octanol–water partition coefficient (Wildman–Crippen LogP) is 3.13. The fourth-order valence-electron chi connectivity index (χ4n) is 0.320. The standard InChI is InChI=1S/C3BrCl3N2S/c4-2-8-1(9-10-2)3(5,6)7. The van der Waals surface area contributed by atoms with Crippen LogP contribution in [0.25, 0.3) is 0 Å². The first kappa shape index (κ1) is 9.00. The summed E-state index contributed by atoms with van der Waals surface area (Å²) >= 11 is 20.6. The van der Waals surface area contributed by atoms with Gasteiger partial charge in [-0.3, -0.25) is 0 Å². The van der Waals surface area contributed by atoms with Crippen LogP contribution in [0.15, 0.2) is 3.92 Å². The monoisotopic (exact) mass is 280 g/mol. The molecule has 0 spiro atoms. The normalized spacial score (nSPS) is 12.0. The Bertz CT molecular complexity index is 232. The molecule has 7 heteroatoms. The van der Waals surface area contributed by atoms with Crippen molar-refractivity contribution in [1.82, 2.24) is 9.36 Å². The first-order valence-electron chi connectivity index (χ1n) is 2.06. The minimum Gasteiger partial charge on any atom is -0.208 e. The lowest BCUT2D eigenvalue weighted by atomic mass is 10.7. The molecule has 0 bridgehead atoms. The van der Waals surface area contributed by atoms with E-state index in [1.807, 2.05) is 0 Å². The number of nitrogens with zero attached hydrogens (tertiary/aromatic N) is 2. The number of halogens is 4. The molecule has 0 fully saturated rings. The lowest BCUT2D eigenvalue weighted by Crippen LogP contribution is -2.01. The molecule has 1 aromatic rings. The molecule has 0 saturated heterocycles. The zero-order valence-electron chi connectivity index (χ0n) is 4.31. The van der Waals surface area contributed by atoms with E-state index in [1.165, 1.54) is 0 Å². The Kier molecular flexibility index (Phi) is 2.80. The van der Waals surface area contributed by atoms with Crippen molar-refractivity contribution >= 4 is 62.3 Å². The van der Waals surface area contributed by atoms with Crippen LogP contribution in [0.4, 0.5) is 0 Å². The first-order chi connectivity index (χ1) is 4.50. The number of alkyl halides is 3. The number of hydrogen-bond donors (Lipinski definition) is 0. The van der Waals surface area contributed by atoms with Crippen molar-refractivity contribution < 1.29 is 0 Å². The summed E-state index contributed by atoms with van der Waals surface area (Å²) in [6.07, 6.45) is 0. The Hall–Kier alpha value is 0.910. The molecule has 0 aliphatic heterocycles. The van der Waals surface area contributed by atoms with E-state index in [2.05, 4.69) is 25.3 Å². The van der Waals surface area contributed by atoms with Gasteiger partial charge in [0.2, 0.25) is 0 Å². The molecule has 0 saturated carbocycles. The van der Waals surface area contributed by atoms with Crippen molar-refractivity contribution in [1.29, 1.82) is 0 Å². The van der Waals surface area contributed by atoms with Gasteiger partial charge in [0.1, 0.15) is 0 Å². The molecule has 10 heavy (non-hydrogen) atoms. The summed E-state index contributed by atoms with van der Waals surface area (Å²) in [6, 6.07) is 0. The van der Waals surface area contributed by atoms with Crippen LogP contribution in [0, 0.1) is 0 Å². The van der Waals surface area contributed by atoms with Crippen molar-refractivity contribution in [2.24, 2.45) is 0 Å². The highest BCUT2D eigenvalue weighted by Crippen LogP contribution is 2.37. The number of aromatic nitrogens is 2. The molecule has 56 valence electrons. The summed E-state index contributed by atoms with van der Waals surface area (Å²) in [7, 11) is 0. The lowest BCUT2D eigenvalue weighted by Gasteiger charge is -2.02. The topological polar surface area (TPSA) is 25.8 Å². The van der Waals surface area contributed by atoms with Crippen LogP contribution in [0.2, 0.25) is 0 Å². The zero-order valence-corrected chi connectivity index (χ0v) is 8.98. The van der Waals surface area contributed by atoms with Crippen molar-refractivity contribution in [3.05, 3.63) is 9.74 Å². The van der Waals surface area contributed by atoms with E-state index in [4.69, 9.17) is 34.8 Å². The maximum atomic E-state index is 5.46. The van der Waals surface area contributed by atoms with Gasteiger partial charge in [-0.15, -0.1) is 0 Å². The van der Waals surface area contributed by atoms with Gasteiger partial charge in [0.25, 0.3) is 3.79 Å². The second kappa shape index (κ2) is 3.11. The SMILES string of the molecule is ClC(Cl)(Cl)c1nsc(Br)n1. The molecule has 2 nitrogen and oxygen atoms in total. The Morgan fingerprint density at radius 3 is 2.20 bits per heavy atom. The molecular formula is C3BrCl3N2S. The van der Waals surface area contributed by atoms with Crippen LogP contribution in [-0.4, -0.2) is 9.36 Å². The maximum absolute atomic E-state index is 5.46. The van der Waals surface area contributed by atoms with Gasteiger partial charge >= 0.3 is 0 Å². The van der Waals surface area contributed by atoms with Crippen LogP contribution in [0.3, 0.4) is 0 Å². The third-order valence-corrected chi connectivity index (χ3v) is 2.28. The van der Waals surface area contributed by atoms with Gasteiger partial charge in [-0.1, -0.05) is 34.8 Å². The Morgan fingerprint density at radius 1 is 1.40 bits per heavy atom. The van der Waals surface area contributed by atoms with Gasteiger partial charge in [0.05, 0.1) is 0 Å². The third kappa shape index (κ3) is 2.20. The van der Waals surface area contributed by atoms with E-state index < -0.39 is 3.79 Å². The smallest absolute Gasteiger partial charge is 0.208 e. The quantitative estimate of drug-likeness (QED) is 0.683. The molecule has 0 aliphatic rings. The summed E-state index contributed by atoms with van der Waals surface area (Å²) in [5.74, 6) is 0.203. The zero-order chi connectivity index (χ0) is 7.78. The predicted molar refractivity (Wildman–Crippen MR) is 46.8 cm³/mol. The lowest BCUT2D eigenvalue weighted by molar-refractivity contribution is 1.04. The molecule has 0 atom stereocenters. The molecule has 1 heterocycles. The first-order valence-corrected chi connectivity index (χ1v) is 4.76. The summed E-state index contributed by atoms with van der Waals surface area (Å²) in [4.78, 5) is 3.81. The second-order valence-corrected chi connectivity index (χ2v) is 5.68. The highest BCUT2D eigenvalue weighted by Gasteiger charge is 2.27. The molecule has 0 radical (unpaired) electrons. The van der Waals surface area contributed by atoms with Crippen LogP contribution in [-0.2, 0) is 3.79 Å². The largest absolute Gasteiger partial charge is 0.251 e. The Morgan fingerprint density at radius 2 is 2.00 bits per heavy atom. The van der Waals surface area contributed by atoms with E-state index in [0.717, 1.165) is 11.5 Å². The summed E-state index contributed by atoms with van der Waals surface area (Å²) in [5.41, 5.74) is 0. The number of rotatable bonds is 0. The van der Waals surface area contributed by atoms with Gasteiger partial charge in [0, 0.05) is 0 Å². The third-order valence-electron chi connectivity index (χ3n) is 0.655. The maximum Gasteiger partial charge on any atom is 0.251 e. The van der Waals surface area contributed by atoms with Crippen LogP contribution < -0.4 is 0 Å².